The third-order valence-corrected chi connectivity index (χ3v) is 2.19. The first-order chi connectivity index (χ1) is 6.83. The van der Waals surface area contributed by atoms with Crippen molar-refractivity contribution in [2.45, 2.75) is 13.8 Å². The van der Waals surface area contributed by atoms with E-state index in [9.17, 15) is 4.57 Å². The molecule has 1 aromatic rings. The lowest BCUT2D eigenvalue weighted by Crippen LogP contribution is -2.06. The van der Waals surface area contributed by atoms with Crippen molar-refractivity contribution in [3.8, 4) is 11.5 Å². The first kappa shape index (κ1) is 11.0. The molecule has 3 nitrogen and oxygen atoms in total. The van der Waals surface area contributed by atoms with Gasteiger partial charge in [-0.1, -0.05) is 6.07 Å². The Morgan fingerprint density at radius 1 is 1.21 bits per heavy atom. The maximum Gasteiger partial charge on any atom is 0.196 e. The van der Waals surface area contributed by atoms with Crippen molar-refractivity contribution >= 4 is 13.8 Å². The second-order valence-corrected chi connectivity index (χ2v) is 3.23. The molecule has 0 radical (unpaired) electrons. The van der Waals surface area contributed by atoms with Crippen LogP contribution in [-0.4, -0.2) is 13.2 Å². The van der Waals surface area contributed by atoms with Crippen LogP contribution in [0.5, 0.6) is 11.5 Å². The summed E-state index contributed by atoms with van der Waals surface area (Å²) >= 11 is 0. The van der Waals surface area contributed by atoms with Gasteiger partial charge in [0, 0.05) is 0 Å². The van der Waals surface area contributed by atoms with Gasteiger partial charge in [-0.05, 0) is 26.0 Å². The highest BCUT2D eigenvalue weighted by Crippen LogP contribution is 2.27. The van der Waals surface area contributed by atoms with E-state index in [1.54, 1.807) is 12.1 Å². The van der Waals surface area contributed by atoms with Crippen LogP contribution in [0.2, 0.25) is 0 Å². The zero-order valence-electron chi connectivity index (χ0n) is 8.32. The number of rotatable bonds is 5. The lowest BCUT2D eigenvalue weighted by molar-refractivity contribution is 0.290. The highest BCUT2D eigenvalue weighted by molar-refractivity contribution is 7.34. The summed E-state index contributed by atoms with van der Waals surface area (Å²) in [5, 5.41) is 0.623. The topological polar surface area (TPSA) is 35.5 Å². The summed E-state index contributed by atoms with van der Waals surface area (Å²) in [4.78, 5) is 0. The lowest BCUT2D eigenvalue weighted by atomic mass is 10.3. The lowest BCUT2D eigenvalue weighted by Gasteiger charge is -2.11. The van der Waals surface area contributed by atoms with Crippen molar-refractivity contribution < 1.29 is 14.0 Å². The minimum absolute atomic E-state index is 0.0475. The fourth-order valence-corrected chi connectivity index (χ4v) is 1.54. The number of hydrogen-bond acceptors (Lipinski definition) is 3. The van der Waals surface area contributed by atoms with E-state index in [2.05, 4.69) is 0 Å². The third-order valence-electron chi connectivity index (χ3n) is 1.64. The highest BCUT2D eigenvalue weighted by Gasteiger charge is 2.09. The molecule has 0 aromatic heterocycles. The molecule has 0 N–H and O–H groups in total. The molecule has 0 spiro atoms. The Hall–Kier alpha value is -1.08. The van der Waals surface area contributed by atoms with Crippen molar-refractivity contribution in [1.29, 1.82) is 0 Å². The van der Waals surface area contributed by atoms with E-state index in [1.165, 1.54) is 0 Å². The van der Waals surface area contributed by atoms with Gasteiger partial charge in [0.2, 0.25) is 0 Å². The van der Waals surface area contributed by atoms with E-state index in [0.717, 1.165) is 0 Å². The molecule has 1 aromatic carbocycles. The minimum Gasteiger partial charge on any atom is -0.490 e. The molecular weight excluding hydrogens is 199 g/mol. The van der Waals surface area contributed by atoms with Gasteiger partial charge in [0.1, 0.15) is 0 Å². The Morgan fingerprint density at radius 2 is 1.93 bits per heavy atom. The van der Waals surface area contributed by atoms with Gasteiger partial charge in [-0.2, -0.15) is 0 Å². The standard InChI is InChI=1S/C10H13O3P/c1-3-12-8-6-5-7-9(14-11)10(8)13-4-2/h5-7H,3-4H2,1-2H3. The van der Waals surface area contributed by atoms with Crippen LogP contribution in [0.4, 0.5) is 0 Å². The smallest absolute Gasteiger partial charge is 0.196 e. The summed E-state index contributed by atoms with van der Waals surface area (Å²) in [5.74, 6) is 1.23. The van der Waals surface area contributed by atoms with Gasteiger partial charge in [0.05, 0.1) is 18.5 Å². The Balaban J connectivity index is 3.06. The molecule has 0 amide bonds. The molecule has 14 heavy (non-hydrogen) atoms. The van der Waals surface area contributed by atoms with Crippen LogP contribution in [0.3, 0.4) is 0 Å². The molecule has 0 unspecified atom stereocenters. The fourth-order valence-electron chi connectivity index (χ4n) is 1.13. The molecule has 0 fully saturated rings. The van der Waals surface area contributed by atoms with E-state index in [0.29, 0.717) is 30.0 Å². The van der Waals surface area contributed by atoms with Crippen LogP contribution in [-0.2, 0) is 4.57 Å². The van der Waals surface area contributed by atoms with Gasteiger partial charge in [0.25, 0.3) is 0 Å². The maximum absolute atomic E-state index is 10.8. The summed E-state index contributed by atoms with van der Waals surface area (Å²) in [7, 11) is -0.0475. The molecule has 4 heteroatoms. The molecule has 0 bridgehead atoms. The van der Waals surface area contributed by atoms with Crippen molar-refractivity contribution in [1.82, 2.24) is 0 Å². The normalized spacial score (nSPS) is 10.1. The number of ether oxygens (including phenoxy) is 2. The number of benzene rings is 1. The van der Waals surface area contributed by atoms with Crippen LogP contribution in [0.15, 0.2) is 18.2 Å². The zero-order chi connectivity index (χ0) is 10.4. The molecule has 76 valence electrons. The highest BCUT2D eigenvalue weighted by atomic mass is 31.1. The molecule has 0 saturated heterocycles. The van der Waals surface area contributed by atoms with Crippen molar-refractivity contribution in [2.75, 3.05) is 13.2 Å². The Morgan fingerprint density at radius 3 is 2.50 bits per heavy atom. The zero-order valence-corrected chi connectivity index (χ0v) is 9.21. The summed E-state index contributed by atoms with van der Waals surface area (Å²) in [6, 6.07) is 5.36. The van der Waals surface area contributed by atoms with E-state index in [4.69, 9.17) is 9.47 Å². The van der Waals surface area contributed by atoms with Gasteiger partial charge in [-0.15, -0.1) is 0 Å². The van der Waals surface area contributed by atoms with Gasteiger partial charge in [-0.3, -0.25) is 4.57 Å². The van der Waals surface area contributed by atoms with Gasteiger partial charge < -0.3 is 9.47 Å². The minimum atomic E-state index is -0.0475. The van der Waals surface area contributed by atoms with Crippen LogP contribution < -0.4 is 14.8 Å². The molecule has 0 heterocycles. The summed E-state index contributed by atoms with van der Waals surface area (Å²) < 4.78 is 21.6. The second kappa shape index (κ2) is 5.61. The van der Waals surface area contributed by atoms with Crippen LogP contribution in [0, 0.1) is 0 Å². The first-order valence-electron chi connectivity index (χ1n) is 4.55. The Kier molecular flexibility index (Phi) is 4.41. The summed E-state index contributed by atoms with van der Waals surface area (Å²) in [6.07, 6.45) is 0. The summed E-state index contributed by atoms with van der Waals surface area (Å²) in [6.45, 7) is 4.89. The number of hydrogen-bond donors (Lipinski definition) is 0. The average molecular weight is 212 g/mol. The quantitative estimate of drug-likeness (QED) is 0.703. The van der Waals surface area contributed by atoms with Crippen LogP contribution >= 0.6 is 8.46 Å². The SMILES string of the molecule is CCOc1cccc(P=O)c1OCC. The fraction of sp³-hybridized carbons (Fsp3) is 0.400. The molecule has 0 aliphatic carbocycles. The Labute approximate surface area is 85.2 Å². The van der Waals surface area contributed by atoms with E-state index < -0.39 is 0 Å². The first-order valence-corrected chi connectivity index (χ1v) is 5.36. The Bertz CT molecular complexity index is 312. The summed E-state index contributed by atoms with van der Waals surface area (Å²) in [5.41, 5.74) is 0. The molecule has 1 rings (SSSR count). The van der Waals surface area contributed by atoms with E-state index in [1.807, 2.05) is 19.9 Å². The van der Waals surface area contributed by atoms with E-state index >= 15 is 0 Å². The van der Waals surface area contributed by atoms with E-state index in [-0.39, 0.29) is 8.46 Å². The predicted molar refractivity (Wildman–Crippen MR) is 56.0 cm³/mol. The maximum atomic E-state index is 10.8. The van der Waals surface area contributed by atoms with Crippen LogP contribution in [0.1, 0.15) is 13.8 Å². The van der Waals surface area contributed by atoms with Gasteiger partial charge in [0.15, 0.2) is 20.0 Å². The van der Waals surface area contributed by atoms with Crippen molar-refractivity contribution in [3.63, 3.8) is 0 Å². The monoisotopic (exact) mass is 212 g/mol. The number of para-hydroxylation sites is 1. The molecule has 0 saturated carbocycles. The van der Waals surface area contributed by atoms with Gasteiger partial charge in [-0.25, -0.2) is 0 Å². The van der Waals surface area contributed by atoms with Crippen molar-refractivity contribution in [2.24, 2.45) is 0 Å². The molecular formula is C10H13O3P. The molecule has 0 aliphatic rings. The third kappa shape index (κ3) is 2.46. The van der Waals surface area contributed by atoms with Gasteiger partial charge >= 0.3 is 0 Å². The average Bonchev–Trinajstić information content (AvgIpc) is 2.21. The predicted octanol–water partition coefficient (Wildman–Crippen LogP) is 2.40. The molecule has 0 atom stereocenters. The van der Waals surface area contributed by atoms with Crippen LogP contribution in [0.25, 0.3) is 0 Å². The second-order valence-electron chi connectivity index (χ2n) is 2.56. The largest absolute Gasteiger partial charge is 0.490 e. The van der Waals surface area contributed by atoms with Crippen molar-refractivity contribution in [3.05, 3.63) is 18.2 Å². The molecule has 0 aliphatic heterocycles.